The number of halogens is 4. The number of alkyl halides is 3. The molecule has 3 rings (SSSR count). The Kier molecular flexibility index (Phi) is 10.0. The van der Waals surface area contributed by atoms with E-state index in [0.717, 1.165) is 0 Å². The Morgan fingerprint density at radius 2 is 1.72 bits per heavy atom. The fraction of sp³-hybridized carbons (Fsp3) is 0.280. The fourth-order valence-electron chi connectivity index (χ4n) is 3.19. The number of hydrogen-bond donors (Lipinski definition) is 1. The second-order valence-electron chi connectivity index (χ2n) is 7.93. The molecule has 1 heterocycles. The number of ether oxygens (including phenoxy) is 4. The number of rotatable bonds is 12. The highest BCUT2D eigenvalue weighted by Crippen LogP contribution is 2.36. The molecule has 1 N–H and O–H groups in total. The lowest BCUT2D eigenvalue weighted by Gasteiger charge is -2.15. The van der Waals surface area contributed by atoms with E-state index in [4.69, 9.17) is 30.5 Å². The Balaban J connectivity index is 1.78. The molecule has 0 aliphatic rings. The van der Waals surface area contributed by atoms with E-state index in [1.165, 1.54) is 44.6 Å². The third-order valence-corrected chi connectivity index (χ3v) is 6.84. The maximum Gasteiger partial charge on any atom is 0.417 e. The van der Waals surface area contributed by atoms with Gasteiger partial charge < -0.3 is 18.9 Å². The molecule has 0 unspecified atom stereocenters. The van der Waals surface area contributed by atoms with Crippen molar-refractivity contribution >= 4 is 27.5 Å². The van der Waals surface area contributed by atoms with Crippen LogP contribution in [-0.4, -0.2) is 46.7 Å². The molecular weight excluding hydrogens is 565 g/mol. The summed E-state index contributed by atoms with van der Waals surface area (Å²) in [5.74, 6) is -0.190. The summed E-state index contributed by atoms with van der Waals surface area (Å²) in [4.78, 5) is 16.0. The minimum Gasteiger partial charge on any atom is -0.497 e. The van der Waals surface area contributed by atoms with Crippen LogP contribution in [0.2, 0.25) is 5.02 Å². The normalized spacial score (nSPS) is 11.6. The quantitative estimate of drug-likeness (QED) is 0.294. The lowest BCUT2D eigenvalue weighted by molar-refractivity contribution is -0.137. The van der Waals surface area contributed by atoms with Gasteiger partial charge in [0.2, 0.25) is 11.8 Å². The monoisotopic (exact) mass is 588 g/mol. The van der Waals surface area contributed by atoms with Crippen molar-refractivity contribution in [1.29, 1.82) is 0 Å². The Labute approximate surface area is 227 Å². The van der Waals surface area contributed by atoms with Crippen molar-refractivity contribution in [2.45, 2.75) is 23.9 Å². The Morgan fingerprint density at radius 1 is 1.03 bits per heavy atom. The zero-order valence-electron chi connectivity index (χ0n) is 20.7. The number of hydrogen-bond acceptors (Lipinski definition) is 8. The van der Waals surface area contributed by atoms with Crippen molar-refractivity contribution < 1.29 is 45.3 Å². The van der Waals surface area contributed by atoms with Gasteiger partial charge in [-0.3, -0.25) is 4.79 Å². The zero-order chi connectivity index (χ0) is 28.6. The van der Waals surface area contributed by atoms with Crippen molar-refractivity contribution in [3.63, 3.8) is 0 Å². The molecule has 0 fully saturated rings. The Morgan fingerprint density at radius 3 is 2.33 bits per heavy atom. The lowest BCUT2D eigenvalue weighted by Crippen LogP contribution is -2.30. The van der Waals surface area contributed by atoms with E-state index in [-0.39, 0.29) is 41.0 Å². The van der Waals surface area contributed by atoms with Crippen LogP contribution in [0.15, 0.2) is 59.6 Å². The molecule has 1 amide bonds. The molecule has 0 spiro atoms. The minimum absolute atomic E-state index is 0.00983. The molecular formula is C25H24ClF3N2O7S. The van der Waals surface area contributed by atoms with Crippen molar-refractivity contribution in [3.8, 4) is 23.1 Å². The summed E-state index contributed by atoms with van der Waals surface area (Å²) in [7, 11) is -1.19. The molecule has 210 valence electrons. The van der Waals surface area contributed by atoms with Gasteiger partial charge in [0.1, 0.15) is 28.9 Å². The summed E-state index contributed by atoms with van der Waals surface area (Å²) in [5, 5.41) is -0.384. The van der Waals surface area contributed by atoms with Crippen LogP contribution in [0.4, 0.5) is 13.2 Å². The van der Waals surface area contributed by atoms with Crippen LogP contribution in [0.5, 0.6) is 23.1 Å². The van der Waals surface area contributed by atoms with E-state index in [9.17, 15) is 26.4 Å². The third kappa shape index (κ3) is 8.47. The molecule has 1 aromatic heterocycles. The predicted octanol–water partition coefficient (Wildman–Crippen LogP) is 5.02. The van der Waals surface area contributed by atoms with Crippen molar-refractivity contribution in [2.75, 3.05) is 27.4 Å². The van der Waals surface area contributed by atoms with Crippen molar-refractivity contribution in [1.82, 2.24) is 9.71 Å². The largest absolute Gasteiger partial charge is 0.497 e. The molecule has 14 heteroatoms. The number of nitrogens with one attached hydrogen (secondary N) is 1. The molecule has 39 heavy (non-hydrogen) atoms. The summed E-state index contributed by atoms with van der Waals surface area (Å²) in [6.07, 6.45) is -4.31. The first-order valence-electron chi connectivity index (χ1n) is 11.3. The number of benzene rings is 2. The van der Waals surface area contributed by atoms with Crippen LogP contribution in [0.25, 0.3) is 0 Å². The van der Waals surface area contributed by atoms with Gasteiger partial charge in [0.05, 0.1) is 24.2 Å². The molecule has 0 aliphatic carbocycles. The SMILES string of the molecule is COCCOc1ccc(CCC(=O)NS(=O)(=O)c2ccc(OC)cc2)c(Oc2ncc(C(F)(F)F)cc2Cl)c1. The van der Waals surface area contributed by atoms with Crippen LogP contribution >= 0.6 is 11.6 Å². The zero-order valence-corrected chi connectivity index (χ0v) is 22.3. The molecule has 2 aromatic carbocycles. The molecule has 3 aromatic rings. The number of amides is 1. The molecule has 0 saturated carbocycles. The number of sulfonamides is 1. The fourth-order valence-corrected chi connectivity index (χ4v) is 4.41. The van der Waals surface area contributed by atoms with Gasteiger partial charge in [0.25, 0.3) is 10.0 Å². The first-order valence-corrected chi connectivity index (χ1v) is 13.1. The van der Waals surface area contributed by atoms with Gasteiger partial charge in [-0.15, -0.1) is 0 Å². The third-order valence-electron chi connectivity index (χ3n) is 5.18. The van der Waals surface area contributed by atoms with E-state index in [1.54, 1.807) is 12.1 Å². The highest BCUT2D eigenvalue weighted by atomic mass is 35.5. The molecule has 9 nitrogen and oxygen atoms in total. The first kappa shape index (κ1) is 30.0. The van der Waals surface area contributed by atoms with Crippen LogP contribution < -0.4 is 18.9 Å². The van der Waals surface area contributed by atoms with Crippen LogP contribution in [0.3, 0.4) is 0 Å². The maximum atomic E-state index is 13.0. The van der Waals surface area contributed by atoms with Gasteiger partial charge in [-0.2, -0.15) is 13.2 Å². The summed E-state index contributed by atoms with van der Waals surface area (Å²) in [6, 6.07) is 10.8. The minimum atomic E-state index is -4.64. The van der Waals surface area contributed by atoms with E-state index in [2.05, 4.69) is 4.98 Å². The number of aryl methyl sites for hydroxylation is 1. The van der Waals surface area contributed by atoms with Crippen molar-refractivity contribution in [2.24, 2.45) is 0 Å². The van der Waals surface area contributed by atoms with E-state index < -0.39 is 27.7 Å². The maximum absolute atomic E-state index is 13.0. The number of methoxy groups -OCH3 is 2. The summed E-state index contributed by atoms with van der Waals surface area (Å²) < 4.78 is 87.2. The van der Waals surface area contributed by atoms with Crippen LogP contribution in [0, 0.1) is 0 Å². The summed E-state index contributed by atoms with van der Waals surface area (Å²) >= 11 is 5.98. The standard InChI is InChI=1S/C25H24ClF3N2O7S/c1-35-11-12-37-19-5-3-16(22(14-19)38-24-21(26)13-17(15-30-24)25(27,28)29)4-10-23(32)31-39(33,34)20-8-6-18(36-2)7-9-20/h3,5-9,13-15H,4,10-12H2,1-2H3,(H,31,32). The van der Waals surface area contributed by atoms with Gasteiger partial charge in [0, 0.05) is 25.8 Å². The van der Waals surface area contributed by atoms with Gasteiger partial charge in [-0.1, -0.05) is 17.7 Å². The van der Waals surface area contributed by atoms with Gasteiger partial charge >= 0.3 is 6.18 Å². The van der Waals surface area contributed by atoms with Gasteiger partial charge in [0.15, 0.2) is 0 Å². The van der Waals surface area contributed by atoms with Crippen molar-refractivity contribution in [3.05, 3.63) is 70.9 Å². The predicted molar refractivity (Wildman–Crippen MR) is 135 cm³/mol. The van der Waals surface area contributed by atoms with Gasteiger partial charge in [-0.25, -0.2) is 18.1 Å². The molecule has 0 saturated heterocycles. The number of carbonyl (C=O) groups is 1. The van der Waals surface area contributed by atoms with E-state index in [1.807, 2.05) is 4.72 Å². The highest BCUT2D eigenvalue weighted by molar-refractivity contribution is 7.90. The number of aromatic nitrogens is 1. The first-order chi connectivity index (χ1) is 18.4. The van der Waals surface area contributed by atoms with Crippen LogP contribution in [-0.2, 0) is 32.2 Å². The second-order valence-corrected chi connectivity index (χ2v) is 10.0. The summed E-state index contributed by atoms with van der Waals surface area (Å²) in [6.45, 7) is 0.507. The average molecular weight is 589 g/mol. The average Bonchev–Trinajstić information content (AvgIpc) is 2.88. The number of nitrogens with zero attached hydrogens (tertiary/aromatic N) is 1. The summed E-state index contributed by atoms with van der Waals surface area (Å²) in [5.41, 5.74) is -0.629. The van der Waals surface area contributed by atoms with Crippen LogP contribution in [0.1, 0.15) is 17.5 Å². The second kappa shape index (κ2) is 13.0. The topological polar surface area (TPSA) is 113 Å². The van der Waals surface area contributed by atoms with E-state index in [0.29, 0.717) is 35.9 Å². The van der Waals surface area contributed by atoms with E-state index >= 15 is 0 Å². The lowest BCUT2D eigenvalue weighted by atomic mass is 10.1. The highest BCUT2D eigenvalue weighted by Gasteiger charge is 2.32. The molecule has 0 atom stereocenters. The molecule has 0 radical (unpaired) electrons. The Bertz CT molecular complexity index is 1400. The Hall–Kier alpha value is -3.55. The molecule has 0 aliphatic heterocycles. The number of pyridine rings is 1. The smallest absolute Gasteiger partial charge is 0.417 e. The number of carbonyl (C=O) groups excluding carboxylic acids is 1. The molecule has 0 bridgehead atoms. The van der Waals surface area contributed by atoms with Gasteiger partial charge in [-0.05, 0) is 48.4 Å².